The fourth-order valence-electron chi connectivity index (χ4n) is 3.13. The van der Waals surface area contributed by atoms with E-state index in [1.165, 1.54) is 44.1 Å². The molecular formula is C15H26N2O. The van der Waals surface area contributed by atoms with Crippen molar-refractivity contribution < 1.29 is 4.42 Å². The monoisotopic (exact) mass is 250 g/mol. The topological polar surface area (TPSA) is 42.4 Å². The van der Waals surface area contributed by atoms with Crippen molar-refractivity contribution in [2.75, 3.05) is 13.6 Å². The summed E-state index contributed by atoms with van der Waals surface area (Å²) in [5.74, 6) is 1.03. The van der Waals surface area contributed by atoms with Gasteiger partial charge < -0.3 is 10.2 Å². The summed E-state index contributed by atoms with van der Waals surface area (Å²) in [6.07, 6.45) is 9.59. The third-order valence-corrected chi connectivity index (χ3v) is 4.60. The molecule has 0 bridgehead atoms. The van der Waals surface area contributed by atoms with Gasteiger partial charge >= 0.3 is 0 Å². The normalized spacial score (nSPS) is 20.0. The fraction of sp³-hybridized carbons (Fsp3) is 0.733. The second-order valence-corrected chi connectivity index (χ2v) is 5.70. The number of furan rings is 1. The van der Waals surface area contributed by atoms with E-state index in [2.05, 4.69) is 18.0 Å². The molecule has 0 atom stereocenters. The summed E-state index contributed by atoms with van der Waals surface area (Å²) in [7, 11) is 2.21. The van der Waals surface area contributed by atoms with Gasteiger partial charge in [-0.25, -0.2) is 0 Å². The number of rotatable bonds is 4. The highest BCUT2D eigenvalue weighted by Crippen LogP contribution is 2.32. The van der Waals surface area contributed by atoms with Crippen LogP contribution in [0.4, 0.5) is 0 Å². The summed E-state index contributed by atoms with van der Waals surface area (Å²) in [5.41, 5.74) is 7.59. The molecule has 1 aliphatic carbocycles. The number of nitrogens with two attached hydrogens (primary N) is 1. The van der Waals surface area contributed by atoms with E-state index in [9.17, 15) is 0 Å². The first-order chi connectivity index (χ1) is 8.68. The molecule has 0 radical (unpaired) electrons. The number of aryl methyl sites for hydroxylation is 1. The first-order valence-electron chi connectivity index (χ1n) is 7.12. The number of likely N-dealkylation sites (N-methyl/N-ethyl adjacent to an activating group) is 1. The summed E-state index contributed by atoms with van der Waals surface area (Å²) >= 11 is 0. The Balaban J connectivity index is 2.08. The molecule has 0 aromatic carbocycles. The van der Waals surface area contributed by atoms with Crippen molar-refractivity contribution in [3.05, 3.63) is 23.7 Å². The molecule has 1 fully saturated rings. The molecule has 1 saturated carbocycles. The molecule has 0 spiro atoms. The van der Waals surface area contributed by atoms with E-state index < -0.39 is 0 Å². The Morgan fingerprint density at radius 2 is 1.94 bits per heavy atom. The van der Waals surface area contributed by atoms with Crippen LogP contribution in [-0.2, 0) is 6.54 Å². The van der Waals surface area contributed by atoms with Gasteiger partial charge in [0.2, 0.25) is 0 Å². The Hall–Kier alpha value is -0.800. The van der Waals surface area contributed by atoms with Crippen molar-refractivity contribution >= 4 is 0 Å². The molecule has 1 aromatic heterocycles. The molecule has 18 heavy (non-hydrogen) atoms. The lowest BCUT2D eigenvalue weighted by Crippen LogP contribution is -2.51. The van der Waals surface area contributed by atoms with Gasteiger partial charge in [-0.05, 0) is 32.9 Å². The average molecular weight is 250 g/mol. The summed E-state index contributed by atoms with van der Waals surface area (Å²) < 4.78 is 5.39. The van der Waals surface area contributed by atoms with Crippen molar-refractivity contribution in [3.63, 3.8) is 0 Å². The minimum Gasteiger partial charge on any atom is -0.469 e. The third kappa shape index (κ3) is 2.78. The predicted molar refractivity (Wildman–Crippen MR) is 74.4 cm³/mol. The van der Waals surface area contributed by atoms with Crippen LogP contribution in [0.1, 0.15) is 49.8 Å². The van der Waals surface area contributed by atoms with Gasteiger partial charge in [0.25, 0.3) is 0 Å². The molecule has 102 valence electrons. The van der Waals surface area contributed by atoms with Crippen molar-refractivity contribution in [2.24, 2.45) is 5.73 Å². The Labute approximate surface area is 110 Å². The number of nitrogens with zero attached hydrogens (tertiary/aromatic N) is 1. The maximum absolute atomic E-state index is 6.11. The smallest absolute Gasteiger partial charge is 0.105 e. The van der Waals surface area contributed by atoms with Crippen LogP contribution in [0.2, 0.25) is 0 Å². The highest BCUT2D eigenvalue weighted by atomic mass is 16.3. The molecule has 3 heteroatoms. The van der Waals surface area contributed by atoms with Gasteiger partial charge in [-0.15, -0.1) is 0 Å². The van der Waals surface area contributed by atoms with Crippen LogP contribution in [0.5, 0.6) is 0 Å². The first kappa shape index (κ1) is 13.6. The standard InChI is InChI=1S/C15H26N2O/c1-13-14(7-10-18-13)11-17(2)15(12-16)8-5-3-4-6-9-15/h7,10H,3-6,8-9,11-12,16H2,1-2H3. The van der Waals surface area contributed by atoms with Crippen molar-refractivity contribution in [2.45, 2.75) is 57.5 Å². The SMILES string of the molecule is Cc1occc1CN(C)C1(CN)CCCCCC1. The predicted octanol–water partition coefficient (Wildman–Crippen LogP) is 3.07. The Morgan fingerprint density at radius 3 is 2.44 bits per heavy atom. The van der Waals surface area contributed by atoms with Crippen LogP contribution in [0.3, 0.4) is 0 Å². The molecule has 0 unspecified atom stereocenters. The van der Waals surface area contributed by atoms with E-state index in [1.807, 2.05) is 6.92 Å². The summed E-state index contributed by atoms with van der Waals surface area (Å²) in [4.78, 5) is 2.45. The average Bonchev–Trinajstić information content (AvgIpc) is 2.66. The molecule has 0 amide bonds. The van der Waals surface area contributed by atoms with Crippen molar-refractivity contribution in [1.82, 2.24) is 4.90 Å². The van der Waals surface area contributed by atoms with Crippen LogP contribution in [0.15, 0.2) is 16.7 Å². The molecule has 1 heterocycles. The molecular weight excluding hydrogens is 224 g/mol. The lowest BCUT2D eigenvalue weighted by Gasteiger charge is -2.41. The minimum absolute atomic E-state index is 0.195. The zero-order valence-electron chi connectivity index (χ0n) is 11.7. The maximum Gasteiger partial charge on any atom is 0.105 e. The van der Waals surface area contributed by atoms with Gasteiger partial charge in [0.15, 0.2) is 0 Å². The highest BCUT2D eigenvalue weighted by Gasteiger charge is 2.33. The Morgan fingerprint density at radius 1 is 1.28 bits per heavy atom. The van der Waals surface area contributed by atoms with Gasteiger partial charge in [0.1, 0.15) is 5.76 Å². The Kier molecular flexibility index (Phi) is 4.46. The van der Waals surface area contributed by atoms with Crippen molar-refractivity contribution in [1.29, 1.82) is 0 Å². The summed E-state index contributed by atoms with van der Waals surface area (Å²) in [6, 6.07) is 2.08. The van der Waals surface area contributed by atoms with E-state index in [-0.39, 0.29) is 5.54 Å². The number of hydrogen-bond acceptors (Lipinski definition) is 3. The lowest BCUT2D eigenvalue weighted by atomic mass is 9.88. The van der Waals surface area contributed by atoms with Crippen LogP contribution < -0.4 is 5.73 Å². The second kappa shape index (κ2) is 5.89. The van der Waals surface area contributed by atoms with Gasteiger partial charge in [0, 0.05) is 24.2 Å². The van der Waals surface area contributed by atoms with Gasteiger partial charge in [-0.3, -0.25) is 4.90 Å². The minimum atomic E-state index is 0.195. The maximum atomic E-state index is 6.11. The highest BCUT2D eigenvalue weighted by molar-refractivity contribution is 5.15. The molecule has 1 aliphatic rings. The largest absolute Gasteiger partial charge is 0.469 e. The van der Waals surface area contributed by atoms with Crippen LogP contribution in [-0.4, -0.2) is 24.0 Å². The fourth-order valence-corrected chi connectivity index (χ4v) is 3.13. The molecule has 2 N–H and O–H groups in total. The molecule has 2 rings (SSSR count). The number of hydrogen-bond donors (Lipinski definition) is 1. The summed E-state index contributed by atoms with van der Waals surface area (Å²) in [6.45, 7) is 3.74. The van der Waals surface area contributed by atoms with Crippen LogP contribution >= 0.6 is 0 Å². The van der Waals surface area contributed by atoms with E-state index >= 15 is 0 Å². The lowest BCUT2D eigenvalue weighted by molar-refractivity contribution is 0.0992. The van der Waals surface area contributed by atoms with E-state index in [1.54, 1.807) is 6.26 Å². The van der Waals surface area contributed by atoms with Crippen molar-refractivity contribution in [3.8, 4) is 0 Å². The van der Waals surface area contributed by atoms with Crippen LogP contribution in [0.25, 0.3) is 0 Å². The Bertz CT molecular complexity index is 364. The van der Waals surface area contributed by atoms with Crippen LogP contribution in [0, 0.1) is 6.92 Å². The zero-order valence-corrected chi connectivity index (χ0v) is 11.7. The molecule has 1 aromatic rings. The summed E-state index contributed by atoms with van der Waals surface area (Å²) in [5, 5.41) is 0. The van der Waals surface area contributed by atoms with Gasteiger partial charge in [0.05, 0.1) is 6.26 Å². The van der Waals surface area contributed by atoms with E-state index in [0.29, 0.717) is 0 Å². The third-order valence-electron chi connectivity index (χ3n) is 4.60. The molecule has 3 nitrogen and oxygen atoms in total. The quantitative estimate of drug-likeness (QED) is 0.835. The van der Waals surface area contributed by atoms with Gasteiger partial charge in [-0.1, -0.05) is 25.7 Å². The van der Waals surface area contributed by atoms with Gasteiger partial charge in [-0.2, -0.15) is 0 Å². The molecule has 0 saturated heterocycles. The second-order valence-electron chi connectivity index (χ2n) is 5.70. The zero-order chi connectivity index (χ0) is 13.0. The van der Waals surface area contributed by atoms with E-state index in [0.717, 1.165) is 18.8 Å². The first-order valence-corrected chi connectivity index (χ1v) is 7.12. The molecule has 0 aliphatic heterocycles. The van der Waals surface area contributed by atoms with E-state index in [4.69, 9.17) is 10.2 Å².